The molecule has 1 aromatic heterocycles. The van der Waals surface area contributed by atoms with Crippen LogP contribution in [0.1, 0.15) is 31.4 Å². The Labute approximate surface area is 116 Å². The summed E-state index contributed by atoms with van der Waals surface area (Å²) in [7, 11) is -3.25. The molecule has 108 valence electrons. The molecule has 0 amide bonds. The largest absolute Gasteiger partial charge is 0.315 e. The van der Waals surface area contributed by atoms with Gasteiger partial charge in [-0.15, -0.1) is 0 Å². The van der Waals surface area contributed by atoms with Gasteiger partial charge in [0.15, 0.2) is 0 Å². The number of unbranched alkanes of at least 4 members (excludes halogenated alkanes) is 1. The molecule has 0 atom stereocenters. The van der Waals surface area contributed by atoms with Crippen LogP contribution in [-0.2, 0) is 16.6 Å². The van der Waals surface area contributed by atoms with Crippen molar-refractivity contribution in [2.45, 2.75) is 38.3 Å². The minimum absolute atomic E-state index is 0.133. The van der Waals surface area contributed by atoms with E-state index in [1.54, 1.807) is 5.38 Å². The summed E-state index contributed by atoms with van der Waals surface area (Å²) in [5.41, 5.74) is 0.606. The molecule has 0 unspecified atom stereocenters. The Kier molecular flexibility index (Phi) is 5.14. The highest BCUT2D eigenvalue weighted by atomic mass is 32.2. The highest BCUT2D eigenvalue weighted by Crippen LogP contribution is 2.18. The maximum absolute atomic E-state index is 11.7. The van der Waals surface area contributed by atoms with Crippen LogP contribution in [0.5, 0.6) is 0 Å². The van der Waals surface area contributed by atoms with Crippen molar-refractivity contribution in [3.8, 4) is 0 Å². The number of rotatable bonds is 9. The average molecular weight is 305 g/mol. The van der Waals surface area contributed by atoms with E-state index in [1.807, 2.05) is 0 Å². The first-order valence-corrected chi connectivity index (χ1v) is 8.96. The minimum Gasteiger partial charge on any atom is -0.315 e. The van der Waals surface area contributed by atoms with Crippen LogP contribution in [0, 0.1) is 0 Å². The zero-order valence-corrected chi connectivity index (χ0v) is 12.3. The van der Waals surface area contributed by atoms with Gasteiger partial charge in [-0.2, -0.15) is 0 Å². The van der Waals surface area contributed by atoms with Gasteiger partial charge in [-0.05, 0) is 32.2 Å². The van der Waals surface area contributed by atoms with Gasteiger partial charge >= 0.3 is 4.87 Å². The fourth-order valence-electron chi connectivity index (χ4n) is 1.67. The molecule has 1 aliphatic rings. The van der Waals surface area contributed by atoms with Gasteiger partial charge in [-0.1, -0.05) is 11.3 Å². The highest BCUT2D eigenvalue weighted by molar-refractivity contribution is 7.89. The number of thiazole rings is 1. The smallest absolute Gasteiger partial charge is 0.304 e. The second kappa shape index (κ2) is 6.65. The van der Waals surface area contributed by atoms with Gasteiger partial charge in [0.2, 0.25) is 10.0 Å². The maximum atomic E-state index is 11.7. The summed E-state index contributed by atoms with van der Waals surface area (Å²) in [5, 5.41) is 4.98. The summed E-state index contributed by atoms with van der Waals surface area (Å²) < 4.78 is 25.9. The number of H-pyrrole nitrogens is 1. The lowest BCUT2D eigenvalue weighted by Gasteiger charge is -2.06. The molecule has 2 rings (SSSR count). The summed E-state index contributed by atoms with van der Waals surface area (Å²) in [4.78, 5) is 13.3. The molecule has 1 aromatic rings. The molecule has 0 radical (unpaired) electrons. The van der Waals surface area contributed by atoms with Crippen molar-refractivity contribution in [1.29, 1.82) is 0 Å². The van der Waals surface area contributed by atoms with E-state index in [1.165, 1.54) is 12.8 Å². The quantitative estimate of drug-likeness (QED) is 0.576. The lowest BCUT2D eigenvalue weighted by Crippen LogP contribution is -2.27. The number of hydrogen-bond acceptors (Lipinski definition) is 5. The number of aromatic amines is 1. The van der Waals surface area contributed by atoms with Crippen LogP contribution in [0.2, 0.25) is 0 Å². The Morgan fingerprint density at radius 3 is 2.79 bits per heavy atom. The van der Waals surface area contributed by atoms with Crippen LogP contribution < -0.4 is 14.9 Å². The Balaban J connectivity index is 1.61. The van der Waals surface area contributed by atoms with Crippen LogP contribution in [0.25, 0.3) is 0 Å². The van der Waals surface area contributed by atoms with Gasteiger partial charge in [0, 0.05) is 17.1 Å². The number of aromatic nitrogens is 1. The molecule has 19 heavy (non-hydrogen) atoms. The molecule has 3 N–H and O–H groups in total. The van der Waals surface area contributed by atoms with E-state index in [0.29, 0.717) is 18.2 Å². The third kappa shape index (κ3) is 5.85. The zero-order valence-electron chi connectivity index (χ0n) is 10.6. The van der Waals surface area contributed by atoms with E-state index in [0.717, 1.165) is 24.3 Å². The van der Waals surface area contributed by atoms with E-state index >= 15 is 0 Å². The summed E-state index contributed by atoms with van der Waals surface area (Å²) >= 11 is 1.03. The molecule has 8 heteroatoms. The van der Waals surface area contributed by atoms with Crippen LogP contribution in [0.15, 0.2) is 10.2 Å². The van der Waals surface area contributed by atoms with Crippen LogP contribution in [0.3, 0.4) is 0 Å². The first kappa shape index (κ1) is 14.7. The molecule has 1 heterocycles. The molecule has 1 saturated carbocycles. The van der Waals surface area contributed by atoms with Crippen molar-refractivity contribution >= 4 is 21.4 Å². The molecular formula is C11H19N3O3S2. The SMILES string of the molecule is O=c1[nH]c(CNS(=O)(=O)CCCCNC2CC2)cs1. The number of hydrogen-bond donors (Lipinski definition) is 3. The zero-order chi connectivity index (χ0) is 13.7. The van der Waals surface area contributed by atoms with Gasteiger partial charge in [0.05, 0.1) is 12.3 Å². The second-order valence-corrected chi connectivity index (χ2v) is 7.52. The molecule has 0 aromatic carbocycles. The van der Waals surface area contributed by atoms with Crippen LogP contribution in [0.4, 0.5) is 0 Å². The summed E-state index contributed by atoms with van der Waals surface area (Å²) in [6, 6.07) is 0.671. The summed E-state index contributed by atoms with van der Waals surface area (Å²) in [5.74, 6) is 0.133. The van der Waals surface area contributed by atoms with Gasteiger partial charge in [0.25, 0.3) is 0 Å². The Bertz CT molecular complexity index is 546. The molecule has 1 fully saturated rings. The van der Waals surface area contributed by atoms with Crippen molar-refractivity contribution in [3.63, 3.8) is 0 Å². The average Bonchev–Trinajstić information content (AvgIpc) is 3.08. The lowest BCUT2D eigenvalue weighted by molar-refractivity contribution is 0.572. The number of sulfonamides is 1. The first-order chi connectivity index (χ1) is 9.05. The van der Waals surface area contributed by atoms with Crippen molar-refractivity contribution in [2.24, 2.45) is 0 Å². The van der Waals surface area contributed by atoms with E-state index in [4.69, 9.17) is 0 Å². The standard InChI is InChI=1S/C11H19N3O3S2/c15-11-14-10(8-18-11)7-13-19(16,17)6-2-1-5-12-9-3-4-9/h8-9,12-13H,1-7H2,(H,14,15). The van der Waals surface area contributed by atoms with E-state index < -0.39 is 10.0 Å². The summed E-state index contributed by atoms with van der Waals surface area (Å²) in [6.07, 6.45) is 4.01. The Hall–Kier alpha value is -0.700. The topological polar surface area (TPSA) is 91.1 Å². The normalized spacial score (nSPS) is 15.8. The van der Waals surface area contributed by atoms with Gasteiger partial charge in [-0.3, -0.25) is 4.79 Å². The van der Waals surface area contributed by atoms with Crippen molar-refractivity contribution in [1.82, 2.24) is 15.0 Å². The van der Waals surface area contributed by atoms with Crippen molar-refractivity contribution in [2.75, 3.05) is 12.3 Å². The van der Waals surface area contributed by atoms with E-state index in [2.05, 4.69) is 15.0 Å². The predicted octanol–water partition coefficient (Wildman–Crippen LogP) is 0.388. The molecule has 6 nitrogen and oxygen atoms in total. The van der Waals surface area contributed by atoms with Crippen molar-refractivity contribution in [3.05, 3.63) is 20.7 Å². The molecule has 0 aliphatic heterocycles. The van der Waals surface area contributed by atoms with Crippen molar-refractivity contribution < 1.29 is 8.42 Å². The highest BCUT2D eigenvalue weighted by Gasteiger charge is 2.19. The van der Waals surface area contributed by atoms with Crippen LogP contribution >= 0.6 is 11.3 Å². The second-order valence-electron chi connectivity index (χ2n) is 4.75. The number of nitrogens with one attached hydrogen (secondary N) is 3. The van der Waals surface area contributed by atoms with Crippen LogP contribution in [-0.4, -0.2) is 31.7 Å². The molecule has 0 saturated heterocycles. The maximum Gasteiger partial charge on any atom is 0.304 e. The fraction of sp³-hybridized carbons (Fsp3) is 0.727. The third-order valence-corrected chi connectivity index (χ3v) is 5.03. The van der Waals surface area contributed by atoms with E-state index in [9.17, 15) is 13.2 Å². The predicted molar refractivity (Wildman–Crippen MR) is 75.8 cm³/mol. The Morgan fingerprint density at radius 1 is 1.37 bits per heavy atom. The molecule has 1 aliphatic carbocycles. The molecule has 0 spiro atoms. The third-order valence-electron chi connectivity index (χ3n) is 2.90. The van der Waals surface area contributed by atoms with E-state index in [-0.39, 0.29) is 17.2 Å². The summed E-state index contributed by atoms with van der Waals surface area (Å²) in [6.45, 7) is 1.04. The Morgan fingerprint density at radius 2 is 2.16 bits per heavy atom. The molecule has 0 bridgehead atoms. The fourth-order valence-corrected chi connectivity index (χ4v) is 3.36. The van der Waals surface area contributed by atoms with Gasteiger partial charge in [0.1, 0.15) is 0 Å². The minimum atomic E-state index is -3.25. The monoisotopic (exact) mass is 305 g/mol. The molecular weight excluding hydrogens is 286 g/mol. The lowest BCUT2D eigenvalue weighted by atomic mass is 10.3. The van der Waals surface area contributed by atoms with Gasteiger partial charge < -0.3 is 10.3 Å². The first-order valence-electron chi connectivity index (χ1n) is 6.42. The van der Waals surface area contributed by atoms with Gasteiger partial charge in [-0.25, -0.2) is 13.1 Å².